The van der Waals surface area contributed by atoms with Crippen LogP contribution in [0.1, 0.15) is 22.7 Å². The maximum Gasteiger partial charge on any atom is 0.227 e. The van der Waals surface area contributed by atoms with Gasteiger partial charge >= 0.3 is 0 Å². The van der Waals surface area contributed by atoms with Crippen LogP contribution in [-0.4, -0.2) is 17.9 Å². The third-order valence-electron chi connectivity index (χ3n) is 4.35. The predicted molar refractivity (Wildman–Crippen MR) is 103 cm³/mol. The Bertz CT molecular complexity index is 863. The van der Waals surface area contributed by atoms with Crippen LogP contribution in [0.5, 0.6) is 0 Å². The van der Waals surface area contributed by atoms with Gasteiger partial charge in [-0.2, -0.15) is 0 Å². The van der Waals surface area contributed by atoms with Crippen molar-refractivity contribution in [2.45, 2.75) is 12.5 Å². The summed E-state index contributed by atoms with van der Waals surface area (Å²) in [6.45, 7) is 0. The minimum absolute atomic E-state index is 0.0227. The Hall–Kier alpha value is -2.65. The van der Waals surface area contributed by atoms with E-state index in [0.717, 1.165) is 16.7 Å². The minimum atomic E-state index is -0.296. The van der Waals surface area contributed by atoms with Gasteiger partial charge in [0.15, 0.2) is 0 Å². The molecule has 0 saturated heterocycles. The first-order valence-corrected chi connectivity index (χ1v) is 8.73. The Balaban J connectivity index is 1.89. The summed E-state index contributed by atoms with van der Waals surface area (Å²) in [7, 11) is 1.78. The normalized spacial score (nSPS) is 11.8. The molecule has 3 aromatic carbocycles. The van der Waals surface area contributed by atoms with Gasteiger partial charge in [-0.25, -0.2) is 4.39 Å². The quantitative estimate of drug-likeness (QED) is 0.601. The van der Waals surface area contributed by atoms with Crippen LogP contribution in [0.4, 0.5) is 4.39 Å². The summed E-state index contributed by atoms with van der Waals surface area (Å²) in [5.74, 6) is -0.318. The molecule has 0 bridgehead atoms. The van der Waals surface area contributed by atoms with Gasteiger partial charge in [-0.1, -0.05) is 66.2 Å². The smallest absolute Gasteiger partial charge is 0.227 e. The Morgan fingerprint density at radius 1 is 0.923 bits per heavy atom. The zero-order valence-corrected chi connectivity index (χ0v) is 15.2. The second-order valence-corrected chi connectivity index (χ2v) is 6.61. The topological polar surface area (TPSA) is 20.3 Å². The van der Waals surface area contributed by atoms with E-state index in [9.17, 15) is 9.18 Å². The predicted octanol–water partition coefficient (Wildman–Crippen LogP) is 5.27. The molecule has 0 aliphatic rings. The molecule has 0 fully saturated rings. The van der Waals surface area contributed by atoms with Crippen molar-refractivity contribution < 1.29 is 9.18 Å². The monoisotopic (exact) mass is 367 g/mol. The van der Waals surface area contributed by atoms with Gasteiger partial charge in [0.05, 0.1) is 12.5 Å². The molecule has 26 heavy (non-hydrogen) atoms. The summed E-state index contributed by atoms with van der Waals surface area (Å²) < 4.78 is 13.3. The number of carbonyl (C=O) groups excluding carboxylic acids is 1. The first kappa shape index (κ1) is 18.2. The average Bonchev–Trinajstić information content (AvgIpc) is 2.66. The van der Waals surface area contributed by atoms with Crippen LogP contribution in [0.3, 0.4) is 0 Å². The molecule has 1 amide bonds. The summed E-state index contributed by atoms with van der Waals surface area (Å²) in [4.78, 5) is 14.6. The Morgan fingerprint density at radius 2 is 1.50 bits per heavy atom. The highest BCUT2D eigenvalue weighted by Crippen LogP contribution is 2.28. The lowest BCUT2D eigenvalue weighted by molar-refractivity contribution is -0.130. The van der Waals surface area contributed by atoms with Crippen molar-refractivity contribution >= 4 is 17.5 Å². The number of carbonyl (C=O) groups is 1. The molecule has 0 saturated carbocycles. The van der Waals surface area contributed by atoms with Gasteiger partial charge in [-0.3, -0.25) is 4.79 Å². The zero-order valence-electron chi connectivity index (χ0n) is 14.4. The lowest BCUT2D eigenvalue weighted by Gasteiger charge is -2.29. The van der Waals surface area contributed by atoms with E-state index in [4.69, 9.17) is 11.6 Å². The molecule has 0 radical (unpaired) electrons. The van der Waals surface area contributed by atoms with E-state index in [1.165, 1.54) is 12.1 Å². The average molecular weight is 368 g/mol. The number of benzene rings is 3. The number of hydrogen-bond donors (Lipinski definition) is 0. The van der Waals surface area contributed by atoms with Gasteiger partial charge in [0.25, 0.3) is 0 Å². The Morgan fingerprint density at radius 3 is 2.12 bits per heavy atom. The van der Waals surface area contributed by atoms with Crippen LogP contribution in [0.25, 0.3) is 0 Å². The SMILES string of the molecule is CN(C(=O)Cc1ccc(Cl)cc1)C(c1ccccc1)c1ccc(F)cc1. The Labute approximate surface area is 157 Å². The van der Waals surface area contributed by atoms with Crippen molar-refractivity contribution in [1.82, 2.24) is 4.90 Å². The highest BCUT2D eigenvalue weighted by Gasteiger charge is 2.23. The van der Waals surface area contributed by atoms with Crippen LogP contribution >= 0.6 is 11.6 Å². The third kappa shape index (κ3) is 4.30. The van der Waals surface area contributed by atoms with Gasteiger partial charge in [0.2, 0.25) is 5.91 Å². The van der Waals surface area contributed by atoms with Crippen molar-refractivity contribution in [1.29, 1.82) is 0 Å². The molecule has 0 N–H and O–H groups in total. The molecule has 0 spiro atoms. The molecule has 3 aromatic rings. The summed E-state index contributed by atoms with van der Waals surface area (Å²) in [6, 6.07) is 23.0. The number of rotatable bonds is 5. The van der Waals surface area contributed by atoms with E-state index in [0.29, 0.717) is 5.02 Å². The molecular weight excluding hydrogens is 349 g/mol. The van der Waals surface area contributed by atoms with E-state index < -0.39 is 0 Å². The van der Waals surface area contributed by atoms with Crippen LogP contribution < -0.4 is 0 Å². The number of hydrogen-bond acceptors (Lipinski definition) is 1. The molecular formula is C22H19ClFNO. The van der Waals surface area contributed by atoms with E-state index in [1.807, 2.05) is 42.5 Å². The second-order valence-electron chi connectivity index (χ2n) is 6.17. The van der Waals surface area contributed by atoms with Gasteiger partial charge in [-0.05, 0) is 41.0 Å². The Kier molecular flexibility index (Phi) is 5.69. The minimum Gasteiger partial charge on any atom is -0.334 e. The van der Waals surface area contributed by atoms with Crippen molar-refractivity contribution in [2.75, 3.05) is 7.05 Å². The maximum absolute atomic E-state index is 13.3. The van der Waals surface area contributed by atoms with Gasteiger partial charge < -0.3 is 4.90 Å². The highest BCUT2D eigenvalue weighted by molar-refractivity contribution is 6.30. The summed E-state index contributed by atoms with van der Waals surface area (Å²) in [6.07, 6.45) is 0.276. The van der Waals surface area contributed by atoms with E-state index >= 15 is 0 Å². The fourth-order valence-corrected chi connectivity index (χ4v) is 3.09. The molecule has 3 rings (SSSR count). The second kappa shape index (κ2) is 8.15. The number of halogens is 2. The van der Waals surface area contributed by atoms with Crippen molar-refractivity contribution in [3.05, 3.63) is 106 Å². The fraction of sp³-hybridized carbons (Fsp3) is 0.136. The number of amides is 1. The number of nitrogens with zero attached hydrogens (tertiary/aromatic N) is 1. The number of likely N-dealkylation sites (N-methyl/N-ethyl adjacent to an activating group) is 1. The molecule has 4 heteroatoms. The van der Waals surface area contributed by atoms with Crippen molar-refractivity contribution in [3.63, 3.8) is 0 Å². The molecule has 0 aliphatic heterocycles. The zero-order chi connectivity index (χ0) is 18.5. The largest absolute Gasteiger partial charge is 0.334 e. The molecule has 0 aromatic heterocycles. The van der Waals surface area contributed by atoms with Crippen LogP contribution in [-0.2, 0) is 11.2 Å². The molecule has 0 aliphatic carbocycles. The van der Waals surface area contributed by atoms with E-state index in [1.54, 1.807) is 36.2 Å². The highest BCUT2D eigenvalue weighted by atomic mass is 35.5. The molecule has 2 nitrogen and oxygen atoms in total. The van der Waals surface area contributed by atoms with Gasteiger partial charge in [0.1, 0.15) is 5.82 Å². The van der Waals surface area contributed by atoms with Crippen molar-refractivity contribution in [3.8, 4) is 0 Å². The van der Waals surface area contributed by atoms with Crippen LogP contribution in [0, 0.1) is 5.82 Å². The van der Waals surface area contributed by atoms with Crippen LogP contribution in [0.15, 0.2) is 78.9 Å². The molecule has 132 valence electrons. The standard InChI is InChI=1S/C22H19ClFNO/c1-25(21(26)15-16-7-11-19(23)12-8-16)22(17-5-3-2-4-6-17)18-9-13-20(24)14-10-18/h2-14,22H,15H2,1H3. The first-order valence-electron chi connectivity index (χ1n) is 8.35. The first-order chi connectivity index (χ1) is 12.5. The molecule has 1 atom stereocenters. The molecule has 0 heterocycles. The fourth-order valence-electron chi connectivity index (χ4n) is 2.97. The van der Waals surface area contributed by atoms with Gasteiger partial charge in [-0.15, -0.1) is 0 Å². The summed E-state index contributed by atoms with van der Waals surface area (Å²) in [5.41, 5.74) is 2.74. The third-order valence-corrected chi connectivity index (χ3v) is 4.60. The van der Waals surface area contributed by atoms with E-state index in [-0.39, 0.29) is 24.2 Å². The van der Waals surface area contributed by atoms with Gasteiger partial charge in [0, 0.05) is 12.1 Å². The van der Waals surface area contributed by atoms with E-state index in [2.05, 4.69) is 0 Å². The van der Waals surface area contributed by atoms with Crippen LogP contribution in [0.2, 0.25) is 5.02 Å². The summed E-state index contributed by atoms with van der Waals surface area (Å²) >= 11 is 5.91. The van der Waals surface area contributed by atoms with Crippen molar-refractivity contribution in [2.24, 2.45) is 0 Å². The lowest BCUT2D eigenvalue weighted by Crippen LogP contribution is -2.33. The maximum atomic E-state index is 13.3. The molecule has 1 unspecified atom stereocenters. The lowest BCUT2D eigenvalue weighted by atomic mass is 9.96. The summed E-state index contributed by atoms with van der Waals surface area (Å²) in [5, 5.41) is 0.642.